The first-order valence-electron chi connectivity index (χ1n) is 10.4. The van der Waals surface area contributed by atoms with Gasteiger partial charge in [0.1, 0.15) is 0 Å². The van der Waals surface area contributed by atoms with Crippen molar-refractivity contribution in [2.75, 3.05) is 40.3 Å². The average molecular weight is 561 g/mol. The number of nitrogens with zero attached hydrogens (tertiary/aromatic N) is 3. The standard InChI is InChI=1S/C23H30F3N5.HI/c1-27-22(29-16-20-4-3-5-21(14-20)23(24,25)26)28-15-18-6-8-19(9-7-18)17-31-12-10-30(2)11-13-31;/h3-9,14H,10-13,15-17H2,1-2H3,(H2,27,28,29);1H. The molecule has 0 atom stereocenters. The SMILES string of the molecule is CN=C(NCc1ccc(CN2CCN(C)CC2)cc1)NCc1cccc(C(F)(F)F)c1.I. The highest BCUT2D eigenvalue weighted by Gasteiger charge is 2.30. The Labute approximate surface area is 205 Å². The van der Waals surface area contributed by atoms with Gasteiger partial charge in [0.2, 0.25) is 0 Å². The fraction of sp³-hybridized carbons (Fsp3) is 0.435. The molecule has 2 aromatic rings. The molecule has 0 spiro atoms. The topological polar surface area (TPSA) is 42.9 Å². The van der Waals surface area contributed by atoms with Crippen molar-refractivity contribution in [2.45, 2.75) is 25.8 Å². The van der Waals surface area contributed by atoms with Crippen LogP contribution in [0.1, 0.15) is 22.3 Å². The zero-order valence-corrected chi connectivity index (χ0v) is 20.8. The van der Waals surface area contributed by atoms with E-state index in [0.29, 0.717) is 18.1 Å². The minimum atomic E-state index is -4.34. The molecule has 0 amide bonds. The van der Waals surface area contributed by atoms with E-state index in [1.807, 2.05) is 0 Å². The first kappa shape index (κ1) is 26.4. The van der Waals surface area contributed by atoms with Crippen LogP contribution >= 0.6 is 24.0 Å². The number of hydrogen-bond acceptors (Lipinski definition) is 3. The van der Waals surface area contributed by atoms with Gasteiger partial charge in [-0.05, 0) is 35.9 Å². The van der Waals surface area contributed by atoms with Crippen molar-refractivity contribution in [3.63, 3.8) is 0 Å². The molecule has 0 unspecified atom stereocenters. The quantitative estimate of drug-likeness (QED) is 0.319. The third kappa shape index (κ3) is 8.25. The van der Waals surface area contributed by atoms with Crippen molar-refractivity contribution in [1.82, 2.24) is 20.4 Å². The number of nitrogens with one attached hydrogen (secondary N) is 2. The van der Waals surface area contributed by atoms with Gasteiger partial charge >= 0.3 is 6.18 Å². The Morgan fingerprint density at radius 3 is 2.09 bits per heavy atom. The van der Waals surface area contributed by atoms with E-state index >= 15 is 0 Å². The highest BCUT2D eigenvalue weighted by molar-refractivity contribution is 14.0. The van der Waals surface area contributed by atoms with Crippen LogP contribution in [0, 0.1) is 0 Å². The van der Waals surface area contributed by atoms with Crippen molar-refractivity contribution in [3.05, 3.63) is 70.8 Å². The summed E-state index contributed by atoms with van der Waals surface area (Å²) in [5.41, 5.74) is 2.31. The summed E-state index contributed by atoms with van der Waals surface area (Å²) in [7, 11) is 3.79. The first-order valence-corrected chi connectivity index (χ1v) is 10.4. The lowest BCUT2D eigenvalue weighted by atomic mass is 10.1. The molecule has 1 fully saturated rings. The Bertz CT molecular complexity index is 863. The van der Waals surface area contributed by atoms with Crippen molar-refractivity contribution in [2.24, 2.45) is 4.99 Å². The maximum Gasteiger partial charge on any atom is 0.416 e. The predicted octanol–water partition coefficient (Wildman–Crippen LogP) is 3.94. The number of likely N-dealkylation sites (N-methyl/N-ethyl adjacent to an activating group) is 1. The van der Waals surface area contributed by atoms with Crippen LogP contribution in [0.3, 0.4) is 0 Å². The summed E-state index contributed by atoms with van der Waals surface area (Å²) in [6, 6.07) is 13.8. The molecule has 32 heavy (non-hydrogen) atoms. The number of rotatable bonds is 6. The van der Waals surface area contributed by atoms with Gasteiger partial charge in [0.25, 0.3) is 0 Å². The van der Waals surface area contributed by atoms with Crippen LogP contribution in [0.2, 0.25) is 0 Å². The van der Waals surface area contributed by atoms with E-state index in [1.54, 1.807) is 13.1 Å². The molecular weight excluding hydrogens is 530 g/mol. The second-order valence-electron chi connectivity index (χ2n) is 7.87. The molecule has 3 rings (SSSR count). The highest BCUT2D eigenvalue weighted by atomic mass is 127. The lowest BCUT2D eigenvalue weighted by molar-refractivity contribution is -0.137. The minimum Gasteiger partial charge on any atom is -0.352 e. The molecule has 9 heteroatoms. The monoisotopic (exact) mass is 561 g/mol. The van der Waals surface area contributed by atoms with Crippen LogP contribution in [0.5, 0.6) is 0 Å². The zero-order valence-electron chi connectivity index (χ0n) is 18.5. The van der Waals surface area contributed by atoms with Crippen LogP contribution in [0.4, 0.5) is 13.2 Å². The number of hydrogen-bond donors (Lipinski definition) is 2. The number of aliphatic imine (C=N–C) groups is 1. The number of halogens is 4. The maximum atomic E-state index is 12.9. The Balaban J connectivity index is 0.00000363. The first-order chi connectivity index (χ1) is 14.8. The molecule has 1 heterocycles. The number of alkyl halides is 3. The van der Waals surface area contributed by atoms with E-state index in [1.165, 1.54) is 11.6 Å². The molecular formula is C23H31F3IN5. The largest absolute Gasteiger partial charge is 0.416 e. The van der Waals surface area contributed by atoms with Gasteiger partial charge in [0.05, 0.1) is 5.56 Å². The van der Waals surface area contributed by atoms with Crippen LogP contribution in [-0.2, 0) is 25.8 Å². The lowest BCUT2D eigenvalue weighted by Crippen LogP contribution is -2.43. The molecule has 5 nitrogen and oxygen atoms in total. The smallest absolute Gasteiger partial charge is 0.352 e. The zero-order chi connectivity index (χ0) is 22.3. The van der Waals surface area contributed by atoms with E-state index in [-0.39, 0.29) is 30.5 Å². The average Bonchev–Trinajstić information content (AvgIpc) is 2.76. The van der Waals surface area contributed by atoms with Gasteiger partial charge in [-0.3, -0.25) is 9.89 Å². The van der Waals surface area contributed by atoms with Gasteiger partial charge in [0.15, 0.2) is 5.96 Å². The Hall–Kier alpha value is -1.85. The van der Waals surface area contributed by atoms with Gasteiger partial charge in [0, 0.05) is 52.9 Å². The maximum absolute atomic E-state index is 12.9. The van der Waals surface area contributed by atoms with E-state index in [0.717, 1.165) is 50.4 Å². The molecule has 2 aromatic carbocycles. The molecule has 176 valence electrons. The lowest BCUT2D eigenvalue weighted by Gasteiger charge is -2.32. The summed E-state index contributed by atoms with van der Waals surface area (Å²) >= 11 is 0. The normalized spacial score (nSPS) is 15.8. The second-order valence-corrected chi connectivity index (χ2v) is 7.87. The number of guanidine groups is 1. The molecule has 0 saturated carbocycles. The second kappa shape index (κ2) is 12.4. The summed E-state index contributed by atoms with van der Waals surface area (Å²) < 4.78 is 38.6. The Morgan fingerprint density at radius 2 is 1.50 bits per heavy atom. The minimum absolute atomic E-state index is 0. The fourth-order valence-corrected chi connectivity index (χ4v) is 3.48. The van der Waals surface area contributed by atoms with Gasteiger partial charge in [-0.2, -0.15) is 13.2 Å². The summed E-state index contributed by atoms with van der Waals surface area (Å²) in [6.45, 7) is 6.19. The summed E-state index contributed by atoms with van der Waals surface area (Å²) in [4.78, 5) is 8.96. The molecule has 0 aromatic heterocycles. The van der Waals surface area contributed by atoms with Crippen LogP contribution in [0.15, 0.2) is 53.5 Å². The molecule has 0 aliphatic carbocycles. The molecule has 1 aliphatic rings. The Morgan fingerprint density at radius 1 is 0.906 bits per heavy atom. The van der Waals surface area contributed by atoms with E-state index < -0.39 is 11.7 Å². The molecule has 0 radical (unpaired) electrons. The summed E-state index contributed by atoms with van der Waals surface area (Å²) in [5, 5.41) is 6.27. The molecule has 0 bridgehead atoms. The predicted molar refractivity (Wildman–Crippen MR) is 133 cm³/mol. The Kier molecular flexibility index (Phi) is 10.2. The fourth-order valence-electron chi connectivity index (χ4n) is 3.48. The van der Waals surface area contributed by atoms with Gasteiger partial charge in [-0.25, -0.2) is 0 Å². The highest BCUT2D eigenvalue weighted by Crippen LogP contribution is 2.29. The molecule has 2 N–H and O–H groups in total. The number of benzene rings is 2. The van der Waals surface area contributed by atoms with Crippen molar-refractivity contribution in [3.8, 4) is 0 Å². The van der Waals surface area contributed by atoms with Crippen LogP contribution in [-0.4, -0.2) is 56.0 Å². The summed E-state index contributed by atoms with van der Waals surface area (Å²) in [6.07, 6.45) is -4.34. The van der Waals surface area contributed by atoms with Gasteiger partial charge < -0.3 is 15.5 Å². The van der Waals surface area contributed by atoms with E-state index in [2.05, 4.69) is 56.7 Å². The third-order valence-corrected chi connectivity index (χ3v) is 5.42. The van der Waals surface area contributed by atoms with Gasteiger partial charge in [-0.15, -0.1) is 24.0 Å². The summed E-state index contributed by atoms with van der Waals surface area (Å²) in [5.74, 6) is 0.541. The molecule has 1 aliphatic heterocycles. The molecule has 1 saturated heterocycles. The van der Waals surface area contributed by atoms with E-state index in [4.69, 9.17) is 0 Å². The third-order valence-electron chi connectivity index (χ3n) is 5.42. The number of piperazine rings is 1. The van der Waals surface area contributed by atoms with Crippen molar-refractivity contribution < 1.29 is 13.2 Å². The van der Waals surface area contributed by atoms with Gasteiger partial charge in [-0.1, -0.05) is 36.4 Å². The van der Waals surface area contributed by atoms with Crippen LogP contribution < -0.4 is 10.6 Å². The van der Waals surface area contributed by atoms with E-state index in [9.17, 15) is 13.2 Å². The van der Waals surface area contributed by atoms with Crippen LogP contribution in [0.25, 0.3) is 0 Å². The van der Waals surface area contributed by atoms with Crippen molar-refractivity contribution >= 4 is 29.9 Å². The van der Waals surface area contributed by atoms with Crippen molar-refractivity contribution in [1.29, 1.82) is 0 Å².